The quantitative estimate of drug-likeness (QED) is 0.173. The number of rotatable bonds is 6. The average Bonchev–Trinajstić information content (AvgIpc) is 3.26. The van der Waals surface area contributed by atoms with Gasteiger partial charge in [0.15, 0.2) is 11.6 Å². The van der Waals surface area contributed by atoms with Crippen LogP contribution in [0.5, 0.6) is 0 Å². The minimum Gasteiger partial charge on any atom is -0.248 e. The predicted molar refractivity (Wildman–Crippen MR) is 218 cm³/mol. The smallest absolute Gasteiger partial charge is 0.178 e. The maximum Gasteiger partial charge on any atom is 0.178 e. The van der Waals surface area contributed by atoms with Gasteiger partial charge in [0, 0.05) is 44.6 Å². The van der Waals surface area contributed by atoms with Gasteiger partial charge in [-0.25, -0.2) is 29.9 Å². The molecule has 10 aromatic rings. The van der Waals surface area contributed by atoms with E-state index in [0.29, 0.717) is 11.6 Å². The lowest BCUT2D eigenvalue weighted by Crippen LogP contribution is -1.95. The van der Waals surface area contributed by atoms with E-state index in [0.717, 1.165) is 88.9 Å². The second-order valence-electron chi connectivity index (χ2n) is 13.2. The number of para-hydroxylation sites is 1. The molecule has 4 heterocycles. The lowest BCUT2D eigenvalue weighted by Gasteiger charge is -2.10. The van der Waals surface area contributed by atoms with Gasteiger partial charge in [-0.15, -0.1) is 0 Å². The molecule has 4 aromatic heterocycles. The standard InChI is InChI=1S/C48H30N6/c1-3-9-32(10-4-1)45-29-46(54-47(53-45)36-11-5-2-6-12-36)33-17-15-31(16-18-33)37-21-19-34-23-25-41(50-43(34)27-37)38-22-20-35-24-26-42(51-44(35)28-38)48-49-30-39-13-7-8-14-40(39)52-48/h1-30H. The molecule has 6 aromatic carbocycles. The third-order valence-corrected chi connectivity index (χ3v) is 9.74. The third kappa shape index (κ3) is 6.02. The molecule has 0 amide bonds. The van der Waals surface area contributed by atoms with Gasteiger partial charge in [0.2, 0.25) is 0 Å². The third-order valence-electron chi connectivity index (χ3n) is 9.74. The second-order valence-corrected chi connectivity index (χ2v) is 13.2. The van der Waals surface area contributed by atoms with Crippen molar-refractivity contribution in [1.29, 1.82) is 0 Å². The van der Waals surface area contributed by atoms with E-state index in [2.05, 4.69) is 102 Å². The Labute approximate surface area is 311 Å². The Morgan fingerprint density at radius 3 is 1.54 bits per heavy atom. The Hall–Kier alpha value is -7.44. The van der Waals surface area contributed by atoms with Gasteiger partial charge in [-0.1, -0.05) is 140 Å². The van der Waals surface area contributed by atoms with Crippen LogP contribution in [0, 0.1) is 0 Å². The van der Waals surface area contributed by atoms with E-state index in [1.54, 1.807) is 0 Å². The average molecular weight is 691 g/mol. The number of aromatic nitrogens is 6. The summed E-state index contributed by atoms with van der Waals surface area (Å²) in [4.78, 5) is 29.4. The first-order valence-electron chi connectivity index (χ1n) is 17.9. The van der Waals surface area contributed by atoms with Crippen molar-refractivity contribution in [2.24, 2.45) is 0 Å². The van der Waals surface area contributed by atoms with Crippen molar-refractivity contribution in [2.45, 2.75) is 0 Å². The molecule has 0 spiro atoms. The van der Waals surface area contributed by atoms with Gasteiger partial charge in [-0.3, -0.25) is 0 Å². The molecule has 252 valence electrons. The topological polar surface area (TPSA) is 77.3 Å². The van der Waals surface area contributed by atoms with Gasteiger partial charge in [0.25, 0.3) is 0 Å². The molecule has 0 atom stereocenters. The fourth-order valence-electron chi connectivity index (χ4n) is 6.86. The number of pyridine rings is 2. The number of hydrogen-bond acceptors (Lipinski definition) is 6. The van der Waals surface area contributed by atoms with Crippen LogP contribution in [0.1, 0.15) is 0 Å². The highest BCUT2D eigenvalue weighted by Gasteiger charge is 2.12. The highest BCUT2D eigenvalue weighted by molar-refractivity contribution is 5.89. The molecule has 54 heavy (non-hydrogen) atoms. The van der Waals surface area contributed by atoms with Crippen LogP contribution in [0.25, 0.3) is 101 Å². The summed E-state index contributed by atoms with van der Waals surface area (Å²) in [5.41, 5.74) is 12.3. The first kappa shape index (κ1) is 31.3. The van der Waals surface area contributed by atoms with E-state index in [9.17, 15) is 0 Å². The van der Waals surface area contributed by atoms with Crippen LogP contribution in [-0.2, 0) is 0 Å². The molecule has 0 aliphatic rings. The lowest BCUT2D eigenvalue weighted by molar-refractivity contribution is 1.18. The minimum atomic E-state index is 0.608. The molecule has 6 nitrogen and oxygen atoms in total. The van der Waals surface area contributed by atoms with Crippen molar-refractivity contribution in [3.63, 3.8) is 0 Å². The van der Waals surface area contributed by atoms with Gasteiger partial charge in [0.1, 0.15) is 5.69 Å². The lowest BCUT2D eigenvalue weighted by atomic mass is 10.00. The summed E-state index contributed by atoms with van der Waals surface area (Å²) in [5.74, 6) is 1.31. The Balaban J connectivity index is 0.964. The Kier molecular flexibility index (Phi) is 7.69. The van der Waals surface area contributed by atoms with E-state index in [1.807, 2.05) is 85.1 Å². The zero-order valence-corrected chi connectivity index (χ0v) is 29.0. The highest BCUT2D eigenvalue weighted by atomic mass is 14.9. The molecule has 0 aliphatic carbocycles. The van der Waals surface area contributed by atoms with Crippen LogP contribution >= 0.6 is 0 Å². The van der Waals surface area contributed by atoms with E-state index in [-0.39, 0.29) is 0 Å². The maximum absolute atomic E-state index is 5.13. The Morgan fingerprint density at radius 2 is 0.796 bits per heavy atom. The summed E-state index contributed by atoms with van der Waals surface area (Å²) >= 11 is 0. The zero-order valence-electron chi connectivity index (χ0n) is 29.0. The molecule has 0 N–H and O–H groups in total. The van der Waals surface area contributed by atoms with Crippen LogP contribution in [0.4, 0.5) is 0 Å². The molecule has 0 saturated carbocycles. The summed E-state index contributed by atoms with van der Waals surface area (Å²) in [5, 5.41) is 3.13. The normalized spacial score (nSPS) is 11.3. The van der Waals surface area contributed by atoms with E-state index < -0.39 is 0 Å². The fraction of sp³-hybridized carbons (Fsp3) is 0. The van der Waals surface area contributed by atoms with Crippen molar-refractivity contribution < 1.29 is 0 Å². The number of fused-ring (bicyclic) bond motifs is 3. The second kappa shape index (κ2) is 13.3. The van der Waals surface area contributed by atoms with Crippen molar-refractivity contribution in [3.05, 3.63) is 182 Å². The Morgan fingerprint density at radius 1 is 0.259 bits per heavy atom. The maximum atomic E-state index is 5.13. The predicted octanol–water partition coefficient (Wildman–Crippen LogP) is 11.5. The van der Waals surface area contributed by atoms with Crippen LogP contribution in [0.2, 0.25) is 0 Å². The monoisotopic (exact) mass is 690 g/mol. The van der Waals surface area contributed by atoms with Gasteiger partial charge in [-0.05, 0) is 47.5 Å². The van der Waals surface area contributed by atoms with Crippen LogP contribution in [0.3, 0.4) is 0 Å². The van der Waals surface area contributed by atoms with Gasteiger partial charge in [0.05, 0.1) is 33.6 Å². The number of nitrogens with zero attached hydrogens (tertiary/aromatic N) is 6. The van der Waals surface area contributed by atoms with Crippen LogP contribution < -0.4 is 0 Å². The van der Waals surface area contributed by atoms with Crippen molar-refractivity contribution in [3.8, 4) is 67.8 Å². The molecule has 0 aliphatic heterocycles. The molecule has 10 rings (SSSR count). The fourth-order valence-corrected chi connectivity index (χ4v) is 6.86. The van der Waals surface area contributed by atoms with E-state index in [1.165, 1.54) is 0 Å². The SMILES string of the molecule is c1ccc(-c2cc(-c3ccc(-c4ccc5ccc(-c6ccc7ccc(-c8ncc9ccccc9n8)nc7c6)nc5c4)cc3)nc(-c3ccccc3)n2)cc1. The number of benzene rings is 6. The molecular formula is C48H30N6. The molecule has 0 unspecified atom stereocenters. The summed E-state index contributed by atoms with van der Waals surface area (Å²) in [6.07, 6.45) is 1.85. The summed E-state index contributed by atoms with van der Waals surface area (Å²) in [6.45, 7) is 0. The van der Waals surface area contributed by atoms with Gasteiger partial charge in [-0.2, -0.15) is 0 Å². The first-order chi connectivity index (χ1) is 26.7. The van der Waals surface area contributed by atoms with E-state index >= 15 is 0 Å². The molecule has 6 heteroatoms. The summed E-state index contributed by atoms with van der Waals surface area (Å²) < 4.78 is 0. The molecule has 0 radical (unpaired) electrons. The molecular weight excluding hydrogens is 661 g/mol. The molecule has 0 saturated heterocycles. The molecule has 0 bridgehead atoms. The van der Waals surface area contributed by atoms with Crippen molar-refractivity contribution in [2.75, 3.05) is 0 Å². The minimum absolute atomic E-state index is 0.608. The first-order valence-corrected chi connectivity index (χ1v) is 17.9. The summed E-state index contributed by atoms with van der Waals surface area (Å²) in [7, 11) is 0. The van der Waals surface area contributed by atoms with Crippen molar-refractivity contribution in [1.82, 2.24) is 29.9 Å². The van der Waals surface area contributed by atoms with Crippen molar-refractivity contribution >= 4 is 32.7 Å². The Bertz CT molecular complexity index is 2920. The van der Waals surface area contributed by atoms with Gasteiger partial charge < -0.3 is 0 Å². The zero-order chi connectivity index (χ0) is 35.8. The van der Waals surface area contributed by atoms with Crippen LogP contribution in [-0.4, -0.2) is 29.9 Å². The van der Waals surface area contributed by atoms with Crippen LogP contribution in [0.15, 0.2) is 182 Å². The largest absolute Gasteiger partial charge is 0.248 e. The van der Waals surface area contributed by atoms with Gasteiger partial charge >= 0.3 is 0 Å². The summed E-state index contributed by atoms with van der Waals surface area (Å²) in [6, 6.07) is 60.0. The van der Waals surface area contributed by atoms with E-state index in [4.69, 9.17) is 24.9 Å². The highest BCUT2D eigenvalue weighted by Crippen LogP contribution is 2.32. The number of hydrogen-bond donors (Lipinski definition) is 0. The molecule has 0 fully saturated rings.